The quantitative estimate of drug-likeness (QED) is 0.182. The van der Waals surface area contributed by atoms with E-state index in [1.54, 1.807) is 0 Å². The van der Waals surface area contributed by atoms with Crippen LogP contribution < -0.4 is 0 Å². The molecule has 0 amide bonds. The van der Waals surface area contributed by atoms with Gasteiger partial charge in [0.15, 0.2) is 0 Å². The zero-order valence-electron chi connectivity index (χ0n) is 17.3. The van der Waals surface area contributed by atoms with Crippen molar-refractivity contribution in [3.05, 3.63) is 48.0 Å². The van der Waals surface area contributed by atoms with Crippen LogP contribution in [0.2, 0.25) is 0 Å². The van der Waals surface area contributed by atoms with E-state index in [1.807, 2.05) is 0 Å². The Hall–Kier alpha value is -0.690. The van der Waals surface area contributed by atoms with Gasteiger partial charge in [-0.15, -0.1) is 0 Å². The molecule has 0 saturated heterocycles. The summed E-state index contributed by atoms with van der Waals surface area (Å²) in [6.07, 6.45) is 24.3. The molecule has 0 saturated carbocycles. The molecule has 0 atom stereocenters. The summed E-state index contributed by atoms with van der Waals surface area (Å²) in [7, 11) is 0. The standard InChI is InChI=1S/C25H42S/c1-2-3-4-5-6-7-8-9-10-11-12-13-14-15-16-20-23-26-24-25-21-18-17-19-22-25/h9-10,17-19,21-22H,2-8,11-16,20,23-24H2,1H3/b10-9-. The minimum Gasteiger partial charge on any atom is -0.157 e. The van der Waals surface area contributed by atoms with Crippen LogP contribution in [0.3, 0.4) is 0 Å². The fourth-order valence-electron chi connectivity index (χ4n) is 3.22. The van der Waals surface area contributed by atoms with Gasteiger partial charge in [0.05, 0.1) is 0 Å². The first-order valence-electron chi connectivity index (χ1n) is 11.2. The maximum absolute atomic E-state index is 2.42. The molecule has 0 unspecified atom stereocenters. The first-order valence-corrected chi connectivity index (χ1v) is 12.4. The average molecular weight is 375 g/mol. The Morgan fingerprint density at radius 2 is 1.19 bits per heavy atom. The molecular formula is C25H42S. The maximum Gasteiger partial charge on any atom is 0.0184 e. The zero-order valence-corrected chi connectivity index (χ0v) is 18.1. The van der Waals surface area contributed by atoms with Crippen LogP contribution in [-0.2, 0) is 5.75 Å². The van der Waals surface area contributed by atoms with Crippen molar-refractivity contribution >= 4 is 11.8 Å². The van der Waals surface area contributed by atoms with Gasteiger partial charge in [-0.2, -0.15) is 11.8 Å². The summed E-state index contributed by atoms with van der Waals surface area (Å²) >= 11 is 2.08. The van der Waals surface area contributed by atoms with Crippen molar-refractivity contribution in [2.45, 2.75) is 103 Å². The molecule has 0 aliphatic rings. The Morgan fingerprint density at radius 3 is 1.81 bits per heavy atom. The van der Waals surface area contributed by atoms with Crippen LogP contribution in [0.1, 0.15) is 102 Å². The molecule has 0 nitrogen and oxygen atoms in total. The molecule has 0 radical (unpaired) electrons. The van der Waals surface area contributed by atoms with Crippen LogP contribution >= 0.6 is 11.8 Å². The van der Waals surface area contributed by atoms with Crippen molar-refractivity contribution in [2.24, 2.45) is 0 Å². The summed E-state index contributed by atoms with van der Waals surface area (Å²) in [5.74, 6) is 2.49. The second-order valence-electron chi connectivity index (χ2n) is 7.48. The number of hydrogen-bond acceptors (Lipinski definition) is 1. The second kappa shape index (κ2) is 19.1. The van der Waals surface area contributed by atoms with Crippen LogP contribution in [0, 0.1) is 0 Å². The van der Waals surface area contributed by atoms with E-state index in [-0.39, 0.29) is 0 Å². The van der Waals surface area contributed by atoms with E-state index >= 15 is 0 Å². The number of allylic oxidation sites excluding steroid dienone is 2. The molecule has 0 bridgehead atoms. The molecule has 0 spiro atoms. The minimum atomic E-state index is 1.17. The lowest BCUT2D eigenvalue weighted by Crippen LogP contribution is -1.85. The highest BCUT2D eigenvalue weighted by Crippen LogP contribution is 2.15. The van der Waals surface area contributed by atoms with E-state index in [0.717, 1.165) is 0 Å². The van der Waals surface area contributed by atoms with Gasteiger partial charge in [-0.25, -0.2) is 0 Å². The Morgan fingerprint density at radius 1 is 0.654 bits per heavy atom. The lowest BCUT2D eigenvalue weighted by Gasteiger charge is -2.03. The molecule has 0 N–H and O–H groups in total. The smallest absolute Gasteiger partial charge is 0.0184 e. The van der Waals surface area contributed by atoms with E-state index in [1.165, 1.54) is 107 Å². The van der Waals surface area contributed by atoms with Crippen LogP contribution in [0.4, 0.5) is 0 Å². The van der Waals surface area contributed by atoms with E-state index in [0.29, 0.717) is 0 Å². The van der Waals surface area contributed by atoms with E-state index < -0.39 is 0 Å². The zero-order chi connectivity index (χ0) is 18.5. The number of hydrogen-bond donors (Lipinski definition) is 0. The second-order valence-corrected chi connectivity index (χ2v) is 8.58. The normalized spacial score (nSPS) is 11.4. The lowest BCUT2D eigenvalue weighted by atomic mass is 10.1. The van der Waals surface area contributed by atoms with Gasteiger partial charge in [-0.3, -0.25) is 0 Å². The molecule has 0 fully saturated rings. The van der Waals surface area contributed by atoms with E-state index in [2.05, 4.69) is 61.2 Å². The van der Waals surface area contributed by atoms with Gasteiger partial charge in [0.25, 0.3) is 0 Å². The van der Waals surface area contributed by atoms with Crippen LogP contribution in [-0.4, -0.2) is 5.75 Å². The third-order valence-electron chi connectivity index (χ3n) is 4.91. The Balaban J connectivity index is 1.73. The van der Waals surface area contributed by atoms with Gasteiger partial charge >= 0.3 is 0 Å². The molecule has 0 heterocycles. The molecule has 0 aromatic heterocycles. The summed E-state index contributed by atoms with van der Waals surface area (Å²) in [4.78, 5) is 0. The van der Waals surface area contributed by atoms with Gasteiger partial charge < -0.3 is 0 Å². The predicted octanol–water partition coefficient (Wildman–Crippen LogP) is 8.96. The predicted molar refractivity (Wildman–Crippen MR) is 122 cm³/mol. The average Bonchev–Trinajstić information content (AvgIpc) is 2.68. The minimum absolute atomic E-state index is 1.17. The van der Waals surface area contributed by atoms with Crippen molar-refractivity contribution in [1.82, 2.24) is 0 Å². The highest BCUT2D eigenvalue weighted by atomic mass is 32.2. The fourth-order valence-corrected chi connectivity index (χ4v) is 4.20. The monoisotopic (exact) mass is 374 g/mol. The summed E-state index contributed by atoms with van der Waals surface area (Å²) in [6, 6.07) is 10.8. The number of unbranched alkanes of at least 4 members (excludes halogenated alkanes) is 12. The molecule has 1 heteroatoms. The van der Waals surface area contributed by atoms with Crippen molar-refractivity contribution in [3.63, 3.8) is 0 Å². The number of rotatable bonds is 18. The Labute approximate surface area is 168 Å². The molecule has 1 aromatic carbocycles. The lowest BCUT2D eigenvalue weighted by molar-refractivity contribution is 0.607. The summed E-state index contributed by atoms with van der Waals surface area (Å²) < 4.78 is 0. The Bertz CT molecular complexity index is 409. The topological polar surface area (TPSA) is 0 Å². The molecule has 148 valence electrons. The molecule has 26 heavy (non-hydrogen) atoms. The van der Waals surface area contributed by atoms with Gasteiger partial charge in [0.1, 0.15) is 0 Å². The summed E-state index contributed by atoms with van der Waals surface area (Å²) in [5.41, 5.74) is 1.46. The molecule has 0 aliphatic carbocycles. The maximum atomic E-state index is 2.42. The summed E-state index contributed by atoms with van der Waals surface area (Å²) in [6.45, 7) is 2.29. The largest absolute Gasteiger partial charge is 0.157 e. The SMILES string of the molecule is CCCCCCCC/C=C\CCCCCCCCSCc1ccccc1. The molecule has 1 aromatic rings. The van der Waals surface area contributed by atoms with Crippen molar-refractivity contribution in [3.8, 4) is 0 Å². The van der Waals surface area contributed by atoms with E-state index in [9.17, 15) is 0 Å². The van der Waals surface area contributed by atoms with Crippen molar-refractivity contribution in [2.75, 3.05) is 5.75 Å². The van der Waals surface area contributed by atoms with Gasteiger partial charge in [-0.05, 0) is 43.4 Å². The van der Waals surface area contributed by atoms with Crippen molar-refractivity contribution in [1.29, 1.82) is 0 Å². The summed E-state index contributed by atoms with van der Waals surface area (Å²) in [5, 5.41) is 0. The van der Waals surface area contributed by atoms with Crippen molar-refractivity contribution < 1.29 is 0 Å². The van der Waals surface area contributed by atoms with Crippen LogP contribution in [0.15, 0.2) is 42.5 Å². The highest BCUT2D eigenvalue weighted by Gasteiger charge is 1.94. The van der Waals surface area contributed by atoms with E-state index in [4.69, 9.17) is 0 Å². The fraction of sp³-hybridized carbons (Fsp3) is 0.680. The molecule has 1 rings (SSSR count). The van der Waals surface area contributed by atoms with Gasteiger partial charge in [0, 0.05) is 5.75 Å². The van der Waals surface area contributed by atoms with Crippen LogP contribution in [0.5, 0.6) is 0 Å². The molecule has 0 aliphatic heterocycles. The number of thioether (sulfide) groups is 1. The van der Waals surface area contributed by atoms with Gasteiger partial charge in [-0.1, -0.05) is 107 Å². The Kier molecular flexibility index (Phi) is 17.1. The third kappa shape index (κ3) is 15.6. The first kappa shape index (κ1) is 23.3. The van der Waals surface area contributed by atoms with Gasteiger partial charge in [0.2, 0.25) is 0 Å². The highest BCUT2D eigenvalue weighted by molar-refractivity contribution is 7.98. The van der Waals surface area contributed by atoms with Crippen LogP contribution in [0.25, 0.3) is 0 Å². The molecular weight excluding hydrogens is 332 g/mol. The first-order chi connectivity index (χ1) is 12.9. The third-order valence-corrected chi connectivity index (χ3v) is 6.03. The number of benzene rings is 1.